The van der Waals surface area contributed by atoms with Crippen LogP contribution >= 0.6 is 12.6 Å². The fourth-order valence-corrected chi connectivity index (χ4v) is 2.65. The first kappa shape index (κ1) is 11.1. The second-order valence-electron chi connectivity index (χ2n) is 3.34. The molecule has 0 saturated carbocycles. The van der Waals surface area contributed by atoms with E-state index in [1.807, 2.05) is 0 Å². The number of rotatable bonds is 3. The molecule has 0 bridgehead atoms. The van der Waals surface area contributed by atoms with Crippen molar-refractivity contribution >= 4 is 22.5 Å². The van der Waals surface area contributed by atoms with Crippen molar-refractivity contribution in [1.29, 1.82) is 0 Å². The molecule has 76 valence electrons. The summed E-state index contributed by atoms with van der Waals surface area (Å²) in [5.41, 5.74) is 1.04. The smallest absolute Gasteiger partial charge is 0.152 e. The van der Waals surface area contributed by atoms with Gasteiger partial charge >= 0.3 is 0 Å². The summed E-state index contributed by atoms with van der Waals surface area (Å²) >= 11 is 4.10. The first-order valence-electron chi connectivity index (χ1n) is 4.24. The number of thiol groups is 1. The molecule has 0 aromatic carbocycles. The molecule has 1 aliphatic rings. The Labute approximate surface area is 85.1 Å². The molecule has 1 rings (SSSR count). The standard InChI is InChI=1S/C8H15NO2S2/c1-8(7-12)6-9-2-4-13(10,11)5-3-9/h12H,1-7H2. The summed E-state index contributed by atoms with van der Waals surface area (Å²) in [5, 5.41) is 0. The maximum Gasteiger partial charge on any atom is 0.152 e. The van der Waals surface area contributed by atoms with Gasteiger partial charge in [-0.2, -0.15) is 12.6 Å². The van der Waals surface area contributed by atoms with E-state index in [-0.39, 0.29) is 11.5 Å². The Kier molecular flexibility index (Phi) is 3.82. The van der Waals surface area contributed by atoms with E-state index in [2.05, 4.69) is 24.1 Å². The summed E-state index contributed by atoms with van der Waals surface area (Å²) in [5.74, 6) is 1.24. The summed E-state index contributed by atoms with van der Waals surface area (Å²) in [6.45, 7) is 5.88. The Morgan fingerprint density at radius 3 is 2.38 bits per heavy atom. The van der Waals surface area contributed by atoms with Gasteiger partial charge in [-0.15, -0.1) is 0 Å². The van der Waals surface area contributed by atoms with Gasteiger partial charge in [0.2, 0.25) is 0 Å². The molecule has 13 heavy (non-hydrogen) atoms. The van der Waals surface area contributed by atoms with Gasteiger partial charge in [-0.1, -0.05) is 12.2 Å². The Bertz CT molecular complexity index is 271. The lowest BCUT2D eigenvalue weighted by atomic mass is 10.3. The molecule has 5 heteroatoms. The minimum Gasteiger partial charge on any atom is -0.297 e. The van der Waals surface area contributed by atoms with Crippen LogP contribution in [0.3, 0.4) is 0 Å². The first-order chi connectivity index (χ1) is 6.03. The van der Waals surface area contributed by atoms with Crippen LogP contribution in [0.15, 0.2) is 12.2 Å². The normalized spacial score (nSPS) is 22.8. The Morgan fingerprint density at radius 1 is 1.38 bits per heavy atom. The summed E-state index contributed by atoms with van der Waals surface area (Å²) < 4.78 is 22.2. The number of sulfone groups is 1. The van der Waals surface area contributed by atoms with Crippen LogP contribution in [-0.2, 0) is 9.84 Å². The quantitative estimate of drug-likeness (QED) is 0.546. The predicted octanol–water partition coefficient (Wildman–Crippen LogP) is 0.203. The summed E-state index contributed by atoms with van der Waals surface area (Å²) in [6.07, 6.45) is 0. The molecule has 1 fully saturated rings. The molecule has 0 aromatic rings. The van der Waals surface area contributed by atoms with Crippen molar-refractivity contribution in [2.45, 2.75) is 0 Å². The lowest BCUT2D eigenvalue weighted by Gasteiger charge is -2.26. The molecule has 0 atom stereocenters. The lowest BCUT2D eigenvalue weighted by Crippen LogP contribution is -2.41. The summed E-state index contributed by atoms with van der Waals surface area (Å²) in [7, 11) is -2.75. The van der Waals surface area contributed by atoms with Gasteiger partial charge in [0.25, 0.3) is 0 Å². The van der Waals surface area contributed by atoms with Gasteiger partial charge in [-0.05, 0) is 0 Å². The van der Waals surface area contributed by atoms with E-state index < -0.39 is 9.84 Å². The highest BCUT2D eigenvalue weighted by molar-refractivity contribution is 7.91. The maximum absolute atomic E-state index is 11.1. The number of nitrogens with zero attached hydrogens (tertiary/aromatic N) is 1. The van der Waals surface area contributed by atoms with Gasteiger partial charge < -0.3 is 0 Å². The average Bonchev–Trinajstić information content (AvgIpc) is 2.08. The fourth-order valence-electron chi connectivity index (χ4n) is 1.27. The molecule has 0 N–H and O–H groups in total. The Morgan fingerprint density at radius 2 is 1.92 bits per heavy atom. The van der Waals surface area contributed by atoms with Gasteiger partial charge in [0, 0.05) is 25.4 Å². The van der Waals surface area contributed by atoms with Gasteiger partial charge in [0.1, 0.15) is 0 Å². The number of hydrogen-bond donors (Lipinski definition) is 1. The zero-order chi connectivity index (χ0) is 9.90. The highest BCUT2D eigenvalue weighted by Crippen LogP contribution is 2.06. The molecule has 0 aromatic heterocycles. The highest BCUT2D eigenvalue weighted by atomic mass is 32.2. The van der Waals surface area contributed by atoms with Crippen LogP contribution < -0.4 is 0 Å². The van der Waals surface area contributed by atoms with Crippen molar-refractivity contribution in [2.75, 3.05) is 36.9 Å². The van der Waals surface area contributed by atoms with Crippen LogP contribution in [0.4, 0.5) is 0 Å². The molecule has 0 spiro atoms. The molecule has 1 heterocycles. The monoisotopic (exact) mass is 221 g/mol. The molecule has 3 nitrogen and oxygen atoms in total. The fraction of sp³-hybridized carbons (Fsp3) is 0.750. The van der Waals surface area contributed by atoms with E-state index in [0.29, 0.717) is 18.8 Å². The Hall–Kier alpha value is -0.0000000000000000555. The van der Waals surface area contributed by atoms with Crippen LogP contribution in [0, 0.1) is 0 Å². The van der Waals surface area contributed by atoms with Crippen molar-refractivity contribution in [2.24, 2.45) is 0 Å². The van der Waals surface area contributed by atoms with Gasteiger partial charge in [-0.3, -0.25) is 4.90 Å². The van der Waals surface area contributed by atoms with Gasteiger partial charge in [-0.25, -0.2) is 8.42 Å². The molecule has 1 aliphatic heterocycles. The molecular weight excluding hydrogens is 206 g/mol. The third-order valence-electron chi connectivity index (χ3n) is 2.11. The molecule has 0 aliphatic carbocycles. The van der Waals surface area contributed by atoms with Crippen molar-refractivity contribution < 1.29 is 8.42 Å². The minimum absolute atomic E-state index is 0.285. The van der Waals surface area contributed by atoms with E-state index in [1.54, 1.807) is 0 Å². The SMILES string of the molecule is C=C(CS)CN1CCS(=O)(=O)CC1. The largest absolute Gasteiger partial charge is 0.297 e. The lowest BCUT2D eigenvalue weighted by molar-refractivity contribution is 0.321. The second-order valence-corrected chi connectivity index (χ2v) is 5.96. The van der Waals surface area contributed by atoms with Gasteiger partial charge in [0.15, 0.2) is 9.84 Å². The molecular formula is C8H15NO2S2. The first-order valence-corrected chi connectivity index (χ1v) is 6.69. The van der Waals surface area contributed by atoms with Crippen molar-refractivity contribution in [3.63, 3.8) is 0 Å². The van der Waals surface area contributed by atoms with Gasteiger partial charge in [0.05, 0.1) is 11.5 Å². The number of hydrogen-bond acceptors (Lipinski definition) is 4. The zero-order valence-electron chi connectivity index (χ0n) is 7.57. The molecule has 0 unspecified atom stereocenters. The van der Waals surface area contributed by atoms with Crippen LogP contribution in [-0.4, -0.2) is 50.2 Å². The van der Waals surface area contributed by atoms with E-state index >= 15 is 0 Å². The van der Waals surface area contributed by atoms with E-state index in [4.69, 9.17) is 0 Å². The predicted molar refractivity (Wildman–Crippen MR) is 58.1 cm³/mol. The van der Waals surface area contributed by atoms with Crippen LogP contribution in [0.2, 0.25) is 0 Å². The highest BCUT2D eigenvalue weighted by Gasteiger charge is 2.21. The second kappa shape index (κ2) is 4.48. The Balaban J connectivity index is 2.38. The third-order valence-corrected chi connectivity index (χ3v) is 4.16. The van der Waals surface area contributed by atoms with E-state index in [0.717, 1.165) is 12.1 Å². The average molecular weight is 221 g/mol. The molecule has 0 radical (unpaired) electrons. The van der Waals surface area contributed by atoms with Crippen molar-refractivity contribution in [3.05, 3.63) is 12.2 Å². The zero-order valence-corrected chi connectivity index (χ0v) is 9.28. The summed E-state index contributed by atoms with van der Waals surface area (Å²) in [6, 6.07) is 0. The van der Waals surface area contributed by atoms with Crippen LogP contribution in [0.1, 0.15) is 0 Å². The maximum atomic E-state index is 11.1. The molecule has 1 saturated heterocycles. The topological polar surface area (TPSA) is 37.4 Å². The minimum atomic E-state index is -2.75. The van der Waals surface area contributed by atoms with Crippen molar-refractivity contribution in [1.82, 2.24) is 4.90 Å². The molecule has 0 amide bonds. The van der Waals surface area contributed by atoms with Crippen LogP contribution in [0.5, 0.6) is 0 Å². The van der Waals surface area contributed by atoms with Crippen molar-refractivity contribution in [3.8, 4) is 0 Å². The van der Waals surface area contributed by atoms with Crippen LogP contribution in [0.25, 0.3) is 0 Å². The third kappa shape index (κ3) is 3.70. The summed E-state index contributed by atoms with van der Waals surface area (Å²) in [4.78, 5) is 2.11. The van der Waals surface area contributed by atoms with E-state index in [9.17, 15) is 8.42 Å². The van der Waals surface area contributed by atoms with E-state index in [1.165, 1.54) is 0 Å².